The second kappa shape index (κ2) is 8.13. The molecule has 0 spiro atoms. The molecule has 4 heteroatoms. The van der Waals surface area contributed by atoms with Crippen LogP contribution in [0.1, 0.15) is 37.5 Å². The first-order chi connectivity index (χ1) is 13.9. The molecule has 0 unspecified atom stereocenters. The van der Waals surface area contributed by atoms with Crippen molar-refractivity contribution >= 4 is 11.0 Å². The molecule has 0 N–H and O–H groups in total. The van der Waals surface area contributed by atoms with E-state index in [4.69, 9.17) is 4.42 Å². The van der Waals surface area contributed by atoms with Gasteiger partial charge in [-0.2, -0.15) is 0 Å². The van der Waals surface area contributed by atoms with Crippen molar-refractivity contribution in [1.82, 2.24) is 9.80 Å². The van der Waals surface area contributed by atoms with E-state index in [-0.39, 0.29) is 11.0 Å². The van der Waals surface area contributed by atoms with E-state index < -0.39 is 0 Å². The van der Waals surface area contributed by atoms with E-state index >= 15 is 0 Å². The van der Waals surface area contributed by atoms with Crippen LogP contribution >= 0.6 is 0 Å². The predicted molar refractivity (Wildman–Crippen MR) is 118 cm³/mol. The first kappa shape index (κ1) is 19.9. The summed E-state index contributed by atoms with van der Waals surface area (Å²) >= 11 is 0. The Morgan fingerprint density at radius 1 is 0.862 bits per heavy atom. The highest BCUT2D eigenvalue weighted by Crippen LogP contribution is 2.28. The van der Waals surface area contributed by atoms with E-state index in [1.807, 2.05) is 6.07 Å². The van der Waals surface area contributed by atoms with Crippen LogP contribution in [0, 0.1) is 0 Å². The van der Waals surface area contributed by atoms with Crippen molar-refractivity contribution in [3.05, 3.63) is 81.7 Å². The lowest BCUT2D eigenvalue weighted by atomic mass is 9.86. The van der Waals surface area contributed by atoms with E-state index in [0.717, 1.165) is 50.2 Å². The predicted octanol–water partition coefficient (Wildman–Crippen LogP) is 4.41. The number of fused-ring (bicyclic) bond motifs is 1. The SMILES string of the molecule is CC(C)(C)c1ccc2oc(=O)cc(CN3CCN(Cc4ccccc4)CC3)c2c1. The molecule has 4 rings (SSSR count). The summed E-state index contributed by atoms with van der Waals surface area (Å²) in [5.74, 6) is 0. The van der Waals surface area contributed by atoms with Gasteiger partial charge in [-0.25, -0.2) is 4.79 Å². The minimum absolute atomic E-state index is 0.0602. The Kier molecular flexibility index (Phi) is 5.57. The molecule has 1 fully saturated rings. The second-order valence-electron chi connectivity index (χ2n) is 9.09. The van der Waals surface area contributed by atoms with E-state index in [2.05, 4.69) is 73.0 Å². The first-order valence-electron chi connectivity index (χ1n) is 10.4. The molecular weight excluding hydrogens is 360 g/mol. The fraction of sp³-hybridized carbons (Fsp3) is 0.400. The summed E-state index contributed by atoms with van der Waals surface area (Å²) in [5.41, 5.74) is 4.17. The van der Waals surface area contributed by atoms with Gasteiger partial charge in [0.2, 0.25) is 0 Å². The van der Waals surface area contributed by atoms with Crippen molar-refractivity contribution in [2.45, 2.75) is 39.3 Å². The zero-order valence-corrected chi connectivity index (χ0v) is 17.6. The molecule has 0 saturated carbocycles. The van der Waals surface area contributed by atoms with Gasteiger partial charge in [-0.05, 0) is 34.2 Å². The molecular formula is C25H30N2O2. The highest BCUT2D eigenvalue weighted by Gasteiger charge is 2.20. The van der Waals surface area contributed by atoms with Crippen molar-refractivity contribution in [2.75, 3.05) is 26.2 Å². The second-order valence-corrected chi connectivity index (χ2v) is 9.09. The normalized spacial score (nSPS) is 16.4. The molecule has 2 aromatic carbocycles. The lowest BCUT2D eigenvalue weighted by molar-refractivity contribution is 0.122. The number of hydrogen-bond donors (Lipinski definition) is 0. The molecule has 2 heterocycles. The quantitative estimate of drug-likeness (QED) is 0.619. The topological polar surface area (TPSA) is 36.7 Å². The number of benzene rings is 2. The van der Waals surface area contributed by atoms with Crippen LogP contribution in [-0.4, -0.2) is 36.0 Å². The number of nitrogens with zero attached hydrogens (tertiary/aromatic N) is 2. The average Bonchev–Trinajstić information content (AvgIpc) is 2.69. The van der Waals surface area contributed by atoms with Gasteiger partial charge < -0.3 is 4.42 Å². The molecule has 1 saturated heterocycles. The highest BCUT2D eigenvalue weighted by atomic mass is 16.4. The fourth-order valence-electron chi connectivity index (χ4n) is 4.01. The number of rotatable bonds is 4. The summed E-state index contributed by atoms with van der Waals surface area (Å²) in [4.78, 5) is 17.0. The lowest BCUT2D eigenvalue weighted by Crippen LogP contribution is -2.45. The zero-order valence-electron chi connectivity index (χ0n) is 17.6. The Labute approximate surface area is 172 Å². The van der Waals surface area contributed by atoms with E-state index in [1.165, 1.54) is 11.1 Å². The molecule has 29 heavy (non-hydrogen) atoms. The van der Waals surface area contributed by atoms with Gasteiger partial charge in [0.15, 0.2) is 0 Å². The molecule has 0 aliphatic carbocycles. The van der Waals surface area contributed by atoms with Crippen LogP contribution in [-0.2, 0) is 18.5 Å². The van der Waals surface area contributed by atoms with E-state index in [0.29, 0.717) is 5.58 Å². The van der Waals surface area contributed by atoms with Gasteiger partial charge in [0.1, 0.15) is 5.58 Å². The third kappa shape index (κ3) is 4.77. The molecule has 3 aromatic rings. The molecule has 4 nitrogen and oxygen atoms in total. The molecule has 152 valence electrons. The summed E-state index contributed by atoms with van der Waals surface area (Å²) in [7, 11) is 0. The number of hydrogen-bond acceptors (Lipinski definition) is 4. The Hall–Kier alpha value is -2.43. The standard InChI is InChI=1S/C25H30N2O2/c1-25(2,3)21-9-10-23-22(16-21)20(15-24(28)29-23)18-27-13-11-26(12-14-27)17-19-7-5-4-6-8-19/h4-10,15-16H,11-14,17-18H2,1-3H3. The highest BCUT2D eigenvalue weighted by molar-refractivity contribution is 5.81. The maximum atomic E-state index is 12.1. The Morgan fingerprint density at radius 2 is 1.52 bits per heavy atom. The molecule has 0 radical (unpaired) electrons. The van der Waals surface area contributed by atoms with Crippen molar-refractivity contribution < 1.29 is 4.42 Å². The Bertz CT molecular complexity index is 1030. The van der Waals surface area contributed by atoms with Crippen LogP contribution < -0.4 is 5.63 Å². The summed E-state index contributed by atoms with van der Waals surface area (Å²) in [5, 5.41) is 1.06. The van der Waals surface area contributed by atoms with Crippen LogP contribution in [0.2, 0.25) is 0 Å². The first-order valence-corrected chi connectivity index (χ1v) is 10.4. The van der Waals surface area contributed by atoms with Crippen LogP contribution in [0.15, 0.2) is 63.8 Å². The summed E-state index contributed by atoms with van der Waals surface area (Å²) < 4.78 is 5.46. The molecule has 1 aliphatic rings. The van der Waals surface area contributed by atoms with Crippen LogP contribution in [0.25, 0.3) is 11.0 Å². The average molecular weight is 391 g/mol. The van der Waals surface area contributed by atoms with Crippen molar-refractivity contribution in [1.29, 1.82) is 0 Å². The third-order valence-corrected chi connectivity index (χ3v) is 5.80. The van der Waals surface area contributed by atoms with Crippen molar-refractivity contribution in [3.8, 4) is 0 Å². The molecule has 1 aromatic heterocycles. The summed E-state index contributed by atoms with van der Waals surface area (Å²) in [6.45, 7) is 12.5. The van der Waals surface area contributed by atoms with Crippen LogP contribution in [0.3, 0.4) is 0 Å². The minimum Gasteiger partial charge on any atom is -0.423 e. The smallest absolute Gasteiger partial charge is 0.336 e. The number of piperazine rings is 1. The van der Waals surface area contributed by atoms with Crippen LogP contribution in [0.5, 0.6) is 0 Å². The van der Waals surface area contributed by atoms with Gasteiger partial charge in [0, 0.05) is 50.7 Å². The van der Waals surface area contributed by atoms with Crippen molar-refractivity contribution in [2.24, 2.45) is 0 Å². The van der Waals surface area contributed by atoms with Crippen LogP contribution in [0.4, 0.5) is 0 Å². The van der Waals surface area contributed by atoms with Gasteiger partial charge in [-0.1, -0.05) is 57.2 Å². The van der Waals surface area contributed by atoms with Gasteiger partial charge in [-0.15, -0.1) is 0 Å². The lowest BCUT2D eigenvalue weighted by Gasteiger charge is -2.34. The Balaban J connectivity index is 1.49. The van der Waals surface area contributed by atoms with Gasteiger partial charge in [0.05, 0.1) is 0 Å². The summed E-state index contributed by atoms with van der Waals surface area (Å²) in [6, 6.07) is 18.5. The maximum Gasteiger partial charge on any atom is 0.336 e. The molecule has 0 atom stereocenters. The minimum atomic E-state index is -0.265. The largest absolute Gasteiger partial charge is 0.423 e. The van der Waals surface area contributed by atoms with Gasteiger partial charge in [-0.3, -0.25) is 9.80 Å². The van der Waals surface area contributed by atoms with Crippen molar-refractivity contribution in [3.63, 3.8) is 0 Å². The molecule has 1 aliphatic heterocycles. The monoisotopic (exact) mass is 390 g/mol. The molecule has 0 amide bonds. The summed E-state index contributed by atoms with van der Waals surface area (Å²) in [6.07, 6.45) is 0. The van der Waals surface area contributed by atoms with E-state index in [9.17, 15) is 4.79 Å². The Morgan fingerprint density at radius 3 is 2.17 bits per heavy atom. The van der Waals surface area contributed by atoms with Gasteiger partial charge >= 0.3 is 5.63 Å². The zero-order chi connectivity index (χ0) is 20.4. The van der Waals surface area contributed by atoms with Gasteiger partial charge in [0.25, 0.3) is 0 Å². The maximum absolute atomic E-state index is 12.1. The molecule has 0 bridgehead atoms. The third-order valence-electron chi connectivity index (χ3n) is 5.80. The van der Waals surface area contributed by atoms with E-state index in [1.54, 1.807) is 6.07 Å². The fourth-order valence-corrected chi connectivity index (χ4v) is 4.01.